The Bertz CT molecular complexity index is 905. The molecule has 8 heteroatoms. The molecule has 1 heterocycles. The van der Waals surface area contributed by atoms with Gasteiger partial charge in [-0.15, -0.1) is 0 Å². The Labute approximate surface area is 168 Å². The van der Waals surface area contributed by atoms with Gasteiger partial charge in [0, 0.05) is 42.6 Å². The number of hydrogen-bond donors (Lipinski definition) is 2. The van der Waals surface area contributed by atoms with Gasteiger partial charge >= 0.3 is 6.18 Å². The lowest BCUT2D eigenvalue weighted by atomic mass is 10.00. The number of benzene rings is 2. The van der Waals surface area contributed by atoms with E-state index in [1.807, 2.05) is 25.9 Å². The first-order chi connectivity index (χ1) is 13.5. The van der Waals surface area contributed by atoms with Gasteiger partial charge in [-0.2, -0.15) is 13.2 Å². The van der Waals surface area contributed by atoms with E-state index in [0.29, 0.717) is 17.4 Å². The smallest absolute Gasteiger partial charge is 0.398 e. The standard InChI is InChI=1S/C21H25F3N4O/c1-13-4-7-16(9-19(13)25)26-20(29)14-5-6-15(18(8-14)21(22,23)24)10-28-11-17(12-28)27(2)3/h4-9,17H,10-12,25H2,1-3H3,(H,26,29). The lowest BCUT2D eigenvalue weighted by Crippen LogP contribution is -2.56. The highest BCUT2D eigenvalue weighted by Gasteiger charge is 2.36. The molecule has 3 rings (SSSR count). The lowest BCUT2D eigenvalue weighted by molar-refractivity contribution is -0.138. The van der Waals surface area contributed by atoms with Crippen molar-refractivity contribution < 1.29 is 18.0 Å². The lowest BCUT2D eigenvalue weighted by Gasteiger charge is -2.43. The molecule has 0 atom stereocenters. The van der Waals surface area contributed by atoms with Crippen molar-refractivity contribution in [3.8, 4) is 0 Å². The van der Waals surface area contributed by atoms with Crippen LogP contribution in [-0.2, 0) is 12.7 Å². The van der Waals surface area contributed by atoms with E-state index in [0.717, 1.165) is 24.7 Å². The number of aryl methyl sites for hydroxylation is 1. The van der Waals surface area contributed by atoms with Crippen molar-refractivity contribution in [2.24, 2.45) is 0 Å². The van der Waals surface area contributed by atoms with Crippen molar-refractivity contribution in [1.29, 1.82) is 0 Å². The molecule has 29 heavy (non-hydrogen) atoms. The number of nitrogen functional groups attached to an aromatic ring is 1. The van der Waals surface area contributed by atoms with Gasteiger partial charge in [0.2, 0.25) is 0 Å². The fourth-order valence-corrected chi connectivity index (χ4v) is 3.28. The number of likely N-dealkylation sites (tertiary alicyclic amines) is 1. The minimum Gasteiger partial charge on any atom is -0.398 e. The Balaban J connectivity index is 1.78. The molecule has 1 aliphatic heterocycles. The van der Waals surface area contributed by atoms with Gasteiger partial charge in [0.05, 0.1) is 5.56 Å². The maximum atomic E-state index is 13.6. The summed E-state index contributed by atoms with van der Waals surface area (Å²) in [5.41, 5.74) is 6.96. The minimum absolute atomic E-state index is 0.0463. The Morgan fingerprint density at radius 3 is 2.48 bits per heavy atom. The van der Waals surface area contributed by atoms with Crippen molar-refractivity contribution >= 4 is 17.3 Å². The number of alkyl halides is 3. The van der Waals surface area contributed by atoms with Crippen LogP contribution in [-0.4, -0.2) is 48.9 Å². The molecule has 1 saturated heterocycles. The van der Waals surface area contributed by atoms with Crippen LogP contribution in [0, 0.1) is 6.92 Å². The molecule has 2 aromatic rings. The van der Waals surface area contributed by atoms with Gasteiger partial charge in [0.25, 0.3) is 5.91 Å². The van der Waals surface area contributed by atoms with E-state index in [-0.39, 0.29) is 17.7 Å². The van der Waals surface area contributed by atoms with Gasteiger partial charge in [0.15, 0.2) is 0 Å². The third kappa shape index (κ3) is 4.89. The zero-order valence-electron chi connectivity index (χ0n) is 16.7. The molecule has 0 bridgehead atoms. The van der Waals surface area contributed by atoms with Crippen molar-refractivity contribution in [3.05, 3.63) is 58.7 Å². The largest absolute Gasteiger partial charge is 0.416 e. The average Bonchev–Trinajstić information content (AvgIpc) is 2.59. The molecule has 0 aliphatic carbocycles. The predicted octanol–water partition coefficient (Wildman–Crippen LogP) is 3.59. The summed E-state index contributed by atoms with van der Waals surface area (Å²) in [6.07, 6.45) is -4.54. The fourth-order valence-electron chi connectivity index (χ4n) is 3.28. The predicted molar refractivity (Wildman–Crippen MR) is 108 cm³/mol. The number of anilines is 2. The summed E-state index contributed by atoms with van der Waals surface area (Å²) in [5.74, 6) is -0.609. The number of halogens is 3. The van der Waals surface area contributed by atoms with Crippen LogP contribution >= 0.6 is 0 Å². The first kappa shape index (κ1) is 21.1. The van der Waals surface area contributed by atoms with Gasteiger partial charge in [-0.1, -0.05) is 12.1 Å². The van der Waals surface area contributed by atoms with Crippen LogP contribution in [0.15, 0.2) is 36.4 Å². The molecule has 1 aliphatic rings. The second-order valence-electron chi connectivity index (χ2n) is 7.71. The number of carbonyl (C=O) groups excluding carboxylic acids is 1. The molecule has 0 radical (unpaired) electrons. The van der Waals surface area contributed by atoms with Crippen LogP contribution in [0.5, 0.6) is 0 Å². The van der Waals surface area contributed by atoms with Crippen molar-refractivity contribution in [1.82, 2.24) is 9.80 Å². The first-order valence-corrected chi connectivity index (χ1v) is 9.31. The number of hydrogen-bond acceptors (Lipinski definition) is 4. The van der Waals surface area contributed by atoms with E-state index < -0.39 is 17.6 Å². The van der Waals surface area contributed by atoms with Gasteiger partial charge in [-0.3, -0.25) is 9.69 Å². The zero-order valence-corrected chi connectivity index (χ0v) is 16.7. The number of nitrogens with zero attached hydrogens (tertiary/aromatic N) is 2. The maximum absolute atomic E-state index is 13.6. The molecule has 0 unspecified atom stereocenters. The van der Waals surface area contributed by atoms with Crippen molar-refractivity contribution in [2.75, 3.05) is 38.2 Å². The normalized spacial score (nSPS) is 15.4. The highest BCUT2D eigenvalue weighted by molar-refractivity contribution is 6.04. The Morgan fingerprint density at radius 1 is 1.21 bits per heavy atom. The van der Waals surface area contributed by atoms with Crippen LogP contribution in [0.4, 0.5) is 24.5 Å². The van der Waals surface area contributed by atoms with Crippen LogP contribution < -0.4 is 11.1 Å². The summed E-state index contributed by atoms with van der Waals surface area (Å²) in [4.78, 5) is 16.5. The van der Waals surface area contributed by atoms with Gasteiger partial charge in [-0.05, 0) is 56.4 Å². The Morgan fingerprint density at radius 2 is 1.90 bits per heavy atom. The van der Waals surface area contributed by atoms with E-state index in [9.17, 15) is 18.0 Å². The highest BCUT2D eigenvalue weighted by Crippen LogP contribution is 2.34. The Kier molecular flexibility index (Phi) is 5.86. The summed E-state index contributed by atoms with van der Waals surface area (Å²) in [5, 5.41) is 2.60. The van der Waals surface area contributed by atoms with Crippen LogP contribution in [0.25, 0.3) is 0 Å². The summed E-state index contributed by atoms with van der Waals surface area (Å²) in [6.45, 7) is 3.48. The summed E-state index contributed by atoms with van der Waals surface area (Å²) in [6, 6.07) is 9.08. The van der Waals surface area contributed by atoms with Gasteiger partial charge in [-0.25, -0.2) is 0 Å². The first-order valence-electron chi connectivity index (χ1n) is 9.31. The number of nitrogens with two attached hydrogens (primary N) is 1. The van der Waals surface area contributed by atoms with Crippen molar-refractivity contribution in [2.45, 2.75) is 25.7 Å². The second kappa shape index (κ2) is 8.04. The monoisotopic (exact) mass is 406 g/mol. The molecule has 5 nitrogen and oxygen atoms in total. The topological polar surface area (TPSA) is 61.6 Å². The molecule has 2 aromatic carbocycles. The second-order valence-corrected chi connectivity index (χ2v) is 7.71. The molecule has 0 saturated carbocycles. The number of carbonyl (C=O) groups is 1. The van der Waals surface area contributed by atoms with E-state index >= 15 is 0 Å². The molecular formula is C21H25F3N4O. The van der Waals surface area contributed by atoms with Crippen LogP contribution in [0.1, 0.15) is 27.0 Å². The summed E-state index contributed by atoms with van der Waals surface area (Å²) < 4.78 is 40.9. The SMILES string of the molecule is Cc1ccc(NC(=O)c2ccc(CN3CC(N(C)C)C3)c(C(F)(F)F)c2)cc1N. The molecular weight excluding hydrogens is 381 g/mol. The third-order valence-electron chi connectivity index (χ3n) is 5.28. The number of rotatable bonds is 5. The van der Waals surface area contributed by atoms with E-state index in [1.165, 1.54) is 12.1 Å². The summed E-state index contributed by atoms with van der Waals surface area (Å²) in [7, 11) is 3.91. The molecule has 1 fully saturated rings. The fraction of sp³-hybridized carbons (Fsp3) is 0.381. The number of likely N-dealkylation sites (N-methyl/N-ethyl adjacent to an activating group) is 1. The van der Waals surface area contributed by atoms with E-state index in [1.54, 1.807) is 18.2 Å². The van der Waals surface area contributed by atoms with E-state index in [4.69, 9.17) is 5.73 Å². The quantitative estimate of drug-likeness (QED) is 0.745. The highest BCUT2D eigenvalue weighted by atomic mass is 19.4. The maximum Gasteiger partial charge on any atom is 0.416 e. The van der Waals surface area contributed by atoms with Gasteiger partial charge in [0.1, 0.15) is 0 Å². The average molecular weight is 406 g/mol. The molecule has 3 N–H and O–H groups in total. The minimum atomic E-state index is -4.54. The molecule has 0 spiro atoms. The summed E-state index contributed by atoms with van der Waals surface area (Å²) >= 11 is 0. The van der Waals surface area contributed by atoms with Crippen molar-refractivity contribution in [3.63, 3.8) is 0 Å². The van der Waals surface area contributed by atoms with Gasteiger partial charge < -0.3 is 16.0 Å². The zero-order chi connectivity index (χ0) is 21.3. The molecule has 156 valence electrons. The Hall–Kier alpha value is -2.58. The number of nitrogens with one attached hydrogen (secondary N) is 1. The van der Waals surface area contributed by atoms with E-state index in [2.05, 4.69) is 10.2 Å². The molecule has 0 aromatic heterocycles. The number of amides is 1. The van der Waals surface area contributed by atoms with Crippen LogP contribution in [0.2, 0.25) is 0 Å². The van der Waals surface area contributed by atoms with Crippen LogP contribution in [0.3, 0.4) is 0 Å². The third-order valence-corrected chi connectivity index (χ3v) is 5.28. The molecule has 1 amide bonds.